The molecule has 2 aromatic heterocycles. The standard InChI is InChI=1S/C26H24N4O3/c1-16-11-21(17(2)27-22-10-6-5-9-20(22)26(32)33)25-28-23(12-24(31)30(25)13-16)29-14-18-7-3-4-8-19(18)15-29/h3-13,17,27H,14-15H2,1-2H3,(H,32,33). The van der Waals surface area contributed by atoms with Gasteiger partial charge in [-0.25, -0.2) is 9.78 Å². The lowest BCUT2D eigenvalue weighted by Gasteiger charge is -2.21. The Morgan fingerprint density at radius 1 is 1.06 bits per heavy atom. The van der Waals surface area contributed by atoms with Crippen LogP contribution in [0, 0.1) is 6.92 Å². The molecule has 166 valence electrons. The monoisotopic (exact) mass is 440 g/mol. The van der Waals surface area contributed by atoms with Gasteiger partial charge in [0.2, 0.25) is 0 Å². The number of hydrogen-bond donors (Lipinski definition) is 2. The minimum atomic E-state index is -0.996. The van der Waals surface area contributed by atoms with Crippen molar-refractivity contribution in [1.29, 1.82) is 0 Å². The van der Waals surface area contributed by atoms with E-state index in [0.29, 0.717) is 30.2 Å². The molecular weight excluding hydrogens is 416 g/mol. The number of hydrogen-bond acceptors (Lipinski definition) is 5. The number of aryl methyl sites for hydroxylation is 1. The van der Waals surface area contributed by atoms with Crippen LogP contribution in [0.1, 0.15) is 45.6 Å². The van der Waals surface area contributed by atoms with E-state index in [-0.39, 0.29) is 17.2 Å². The number of nitrogens with one attached hydrogen (secondary N) is 1. The van der Waals surface area contributed by atoms with Crippen molar-refractivity contribution in [2.75, 3.05) is 10.2 Å². The highest BCUT2D eigenvalue weighted by Crippen LogP contribution is 2.29. The Balaban J connectivity index is 1.57. The number of benzene rings is 2. The third-order valence-corrected chi connectivity index (χ3v) is 6.07. The SMILES string of the molecule is Cc1cc(C(C)Nc2ccccc2C(=O)O)c2nc(N3Cc4ccccc4C3)cc(=O)n2c1. The predicted molar refractivity (Wildman–Crippen MR) is 128 cm³/mol. The average Bonchev–Trinajstić information content (AvgIpc) is 3.23. The fourth-order valence-corrected chi connectivity index (χ4v) is 4.44. The van der Waals surface area contributed by atoms with Crippen molar-refractivity contribution in [2.45, 2.75) is 33.0 Å². The predicted octanol–water partition coefficient (Wildman–Crippen LogP) is 4.39. The van der Waals surface area contributed by atoms with Gasteiger partial charge in [-0.05, 0) is 48.7 Å². The molecule has 2 aromatic carbocycles. The molecule has 7 nitrogen and oxygen atoms in total. The number of aromatic carboxylic acids is 1. The fraction of sp³-hybridized carbons (Fsp3) is 0.192. The fourth-order valence-electron chi connectivity index (χ4n) is 4.44. The lowest BCUT2D eigenvalue weighted by Crippen LogP contribution is -2.23. The first-order valence-corrected chi connectivity index (χ1v) is 10.9. The first-order chi connectivity index (χ1) is 15.9. The molecule has 0 aliphatic carbocycles. The minimum absolute atomic E-state index is 0.144. The highest BCUT2D eigenvalue weighted by molar-refractivity contribution is 5.94. The Morgan fingerprint density at radius 2 is 1.73 bits per heavy atom. The van der Waals surface area contributed by atoms with E-state index in [9.17, 15) is 14.7 Å². The third kappa shape index (κ3) is 3.82. The molecule has 0 saturated heterocycles. The number of para-hydroxylation sites is 1. The highest BCUT2D eigenvalue weighted by atomic mass is 16.4. The highest BCUT2D eigenvalue weighted by Gasteiger charge is 2.22. The molecule has 33 heavy (non-hydrogen) atoms. The molecule has 0 radical (unpaired) electrons. The molecule has 0 bridgehead atoms. The van der Waals surface area contributed by atoms with Gasteiger partial charge in [0.15, 0.2) is 0 Å². The summed E-state index contributed by atoms with van der Waals surface area (Å²) in [4.78, 5) is 31.7. The van der Waals surface area contributed by atoms with E-state index >= 15 is 0 Å². The minimum Gasteiger partial charge on any atom is -0.478 e. The summed E-state index contributed by atoms with van der Waals surface area (Å²) in [7, 11) is 0. The van der Waals surface area contributed by atoms with E-state index in [1.807, 2.05) is 32.0 Å². The second-order valence-corrected chi connectivity index (χ2v) is 8.46. The Morgan fingerprint density at radius 3 is 2.42 bits per heavy atom. The van der Waals surface area contributed by atoms with Crippen LogP contribution in [0.2, 0.25) is 0 Å². The summed E-state index contributed by atoms with van der Waals surface area (Å²) in [6.45, 7) is 5.29. The lowest BCUT2D eigenvalue weighted by atomic mass is 10.1. The van der Waals surface area contributed by atoms with Gasteiger partial charge < -0.3 is 15.3 Å². The molecule has 0 amide bonds. The van der Waals surface area contributed by atoms with Crippen molar-refractivity contribution in [3.63, 3.8) is 0 Å². The summed E-state index contributed by atoms with van der Waals surface area (Å²) >= 11 is 0. The Labute approximate surface area is 191 Å². The van der Waals surface area contributed by atoms with Gasteiger partial charge in [0.1, 0.15) is 11.5 Å². The summed E-state index contributed by atoms with van der Waals surface area (Å²) in [5.74, 6) is -0.357. The Bertz CT molecular complexity index is 1420. The number of rotatable bonds is 5. The topological polar surface area (TPSA) is 86.9 Å². The summed E-state index contributed by atoms with van der Waals surface area (Å²) in [6, 6.07) is 18.3. The molecule has 2 N–H and O–H groups in total. The maximum atomic E-state index is 13.1. The van der Waals surface area contributed by atoms with Gasteiger partial charge in [0.25, 0.3) is 5.56 Å². The smallest absolute Gasteiger partial charge is 0.337 e. The molecule has 7 heteroatoms. The summed E-state index contributed by atoms with van der Waals surface area (Å²) in [6.07, 6.45) is 1.79. The van der Waals surface area contributed by atoms with Crippen LogP contribution in [0.5, 0.6) is 0 Å². The maximum Gasteiger partial charge on any atom is 0.337 e. The molecule has 1 atom stereocenters. The van der Waals surface area contributed by atoms with Crippen LogP contribution in [0.3, 0.4) is 0 Å². The van der Waals surface area contributed by atoms with Gasteiger partial charge in [-0.1, -0.05) is 36.4 Å². The van der Waals surface area contributed by atoms with Crippen LogP contribution >= 0.6 is 0 Å². The van der Waals surface area contributed by atoms with Gasteiger partial charge in [0, 0.05) is 36.6 Å². The number of fused-ring (bicyclic) bond motifs is 2. The second-order valence-electron chi connectivity index (χ2n) is 8.46. The number of carboxylic acids is 1. The maximum absolute atomic E-state index is 13.1. The molecule has 1 aliphatic heterocycles. The molecule has 5 rings (SSSR count). The normalized spacial score (nSPS) is 13.7. The van der Waals surface area contributed by atoms with Crippen molar-refractivity contribution >= 4 is 23.1 Å². The van der Waals surface area contributed by atoms with Crippen molar-refractivity contribution < 1.29 is 9.90 Å². The number of nitrogens with zero attached hydrogens (tertiary/aromatic N) is 3. The number of carbonyl (C=O) groups is 1. The largest absolute Gasteiger partial charge is 0.478 e. The van der Waals surface area contributed by atoms with Crippen LogP contribution in [-0.2, 0) is 13.1 Å². The summed E-state index contributed by atoms with van der Waals surface area (Å²) < 4.78 is 1.57. The van der Waals surface area contributed by atoms with Gasteiger partial charge in [-0.3, -0.25) is 9.20 Å². The first-order valence-electron chi connectivity index (χ1n) is 10.9. The molecule has 1 unspecified atom stereocenters. The number of aromatic nitrogens is 2. The number of carboxylic acid groups (broad SMARTS) is 1. The molecule has 3 heterocycles. The average molecular weight is 441 g/mol. The third-order valence-electron chi connectivity index (χ3n) is 6.07. The first kappa shape index (κ1) is 20.8. The van der Waals surface area contributed by atoms with Crippen LogP contribution in [0.25, 0.3) is 5.65 Å². The summed E-state index contributed by atoms with van der Waals surface area (Å²) in [5, 5.41) is 12.8. The number of anilines is 2. The van der Waals surface area contributed by atoms with Crippen LogP contribution < -0.4 is 15.8 Å². The van der Waals surface area contributed by atoms with Gasteiger partial charge >= 0.3 is 5.97 Å². The lowest BCUT2D eigenvalue weighted by molar-refractivity contribution is 0.0698. The molecular formula is C26H24N4O3. The molecule has 4 aromatic rings. The number of pyridine rings is 1. The molecule has 1 aliphatic rings. The second kappa shape index (κ2) is 8.09. The van der Waals surface area contributed by atoms with Gasteiger partial charge in [-0.15, -0.1) is 0 Å². The molecule has 0 spiro atoms. The zero-order valence-electron chi connectivity index (χ0n) is 18.4. The Kier molecular flexibility index (Phi) is 5.09. The van der Waals surface area contributed by atoms with Crippen molar-refractivity contribution in [2.24, 2.45) is 0 Å². The van der Waals surface area contributed by atoms with E-state index in [2.05, 4.69) is 22.3 Å². The van der Waals surface area contributed by atoms with Crippen LogP contribution in [-0.4, -0.2) is 20.5 Å². The van der Waals surface area contributed by atoms with E-state index in [4.69, 9.17) is 4.98 Å². The Hall–Kier alpha value is -4.13. The van der Waals surface area contributed by atoms with E-state index in [1.165, 1.54) is 11.1 Å². The van der Waals surface area contributed by atoms with E-state index < -0.39 is 5.97 Å². The summed E-state index contributed by atoms with van der Waals surface area (Å²) in [5.41, 5.74) is 5.36. The zero-order valence-corrected chi connectivity index (χ0v) is 18.4. The van der Waals surface area contributed by atoms with Crippen molar-refractivity contribution in [3.8, 4) is 0 Å². The van der Waals surface area contributed by atoms with Gasteiger partial charge in [0.05, 0.1) is 11.6 Å². The van der Waals surface area contributed by atoms with Crippen LogP contribution in [0.4, 0.5) is 11.5 Å². The molecule has 0 fully saturated rings. The van der Waals surface area contributed by atoms with Gasteiger partial charge in [-0.2, -0.15) is 0 Å². The van der Waals surface area contributed by atoms with E-state index in [0.717, 1.165) is 11.1 Å². The van der Waals surface area contributed by atoms with Crippen molar-refractivity contribution in [1.82, 2.24) is 9.38 Å². The zero-order chi connectivity index (χ0) is 23.1. The molecule has 0 saturated carbocycles. The van der Waals surface area contributed by atoms with Crippen molar-refractivity contribution in [3.05, 3.63) is 105 Å². The quantitative estimate of drug-likeness (QED) is 0.479. The van der Waals surface area contributed by atoms with Crippen LogP contribution in [0.15, 0.2) is 71.7 Å². The van der Waals surface area contributed by atoms with E-state index in [1.54, 1.807) is 40.9 Å².